The fraction of sp³-hybridized carbons (Fsp3) is 0.303. The van der Waals surface area contributed by atoms with Crippen LogP contribution >= 0.6 is 0 Å². The Morgan fingerprint density at radius 2 is 0.333 bits per heavy atom. The van der Waals surface area contributed by atoms with Crippen molar-refractivity contribution in [2.45, 2.75) is 130 Å². The first-order chi connectivity index (χ1) is 31.9. The molecule has 0 atom stereocenters. The second kappa shape index (κ2) is 30.3. The summed E-state index contributed by atoms with van der Waals surface area (Å²) in [6.45, 7) is 26.0. The predicted molar refractivity (Wildman–Crippen MR) is 297 cm³/mol. The van der Waals surface area contributed by atoms with Gasteiger partial charge in [0.1, 0.15) is 23.0 Å². The van der Waals surface area contributed by atoms with E-state index in [1.807, 2.05) is 128 Å². The van der Waals surface area contributed by atoms with E-state index in [0.717, 1.165) is 66.8 Å². The van der Waals surface area contributed by atoms with Gasteiger partial charge in [0.15, 0.2) is 0 Å². The Morgan fingerprint density at radius 3 is 0.417 bits per heavy atom. The smallest absolute Gasteiger partial charge is 0.507 e. The van der Waals surface area contributed by atoms with Crippen molar-refractivity contribution in [3.8, 4) is 23.0 Å². The summed E-state index contributed by atoms with van der Waals surface area (Å²) < 4.78 is 0. The third-order valence-corrected chi connectivity index (χ3v) is 12.3. The Labute approximate surface area is 472 Å². The van der Waals surface area contributed by atoms with Gasteiger partial charge in [-0.05, 0) is 217 Å². The van der Waals surface area contributed by atoms with Crippen LogP contribution in [-0.2, 0) is 90.8 Å². The number of phenolic OH excluding ortho intramolecular Hbond substituents is 4. The topological polar surface area (TPSA) is 80.9 Å². The third kappa shape index (κ3) is 20.2. The van der Waals surface area contributed by atoms with Crippen molar-refractivity contribution in [3.63, 3.8) is 0 Å². The largest absolute Gasteiger partial charge is 3.00 e. The van der Waals surface area contributed by atoms with Crippen LogP contribution < -0.4 is 0 Å². The Kier molecular flexibility index (Phi) is 28.4. The number of fused-ring (bicyclic) bond motifs is 8. The van der Waals surface area contributed by atoms with E-state index in [0.29, 0.717) is 25.7 Å². The molecule has 4 nitrogen and oxygen atoms in total. The van der Waals surface area contributed by atoms with Crippen LogP contribution in [0.1, 0.15) is 150 Å². The molecule has 0 unspecified atom stereocenters. The van der Waals surface area contributed by atoms with Crippen LogP contribution in [0.4, 0.5) is 0 Å². The molecule has 5 aliphatic carbocycles. The Balaban J connectivity index is 0.000000887. The number of hydrogen-bond acceptors (Lipinski definition) is 4. The molecule has 72 heavy (non-hydrogen) atoms. The van der Waals surface area contributed by atoms with E-state index in [2.05, 4.69) is 132 Å². The Morgan fingerprint density at radius 1 is 0.236 bits per heavy atom. The molecular formula is C66H82O4Ti2+4. The molecule has 4 aromatic carbocycles. The molecule has 0 aromatic heterocycles. The third-order valence-electron chi connectivity index (χ3n) is 12.3. The fourth-order valence-corrected chi connectivity index (χ4v) is 7.95. The van der Waals surface area contributed by atoms with Gasteiger partial charge in [-0.3, -0.25) is 0 Å². The molecule has 4 saturated carbocycles. The number of benzene rings is 4. The molecule has 4 N–H and O–H groups in total. The molecule has 6 heteroatoms. The molecule has 0 spiro atoms. The molecule has 0 heterocycles. The van der Waals surface area contributed by atoms with E-state index in [-0.39, 0.29) is 103 Å². The summed E-state index contributed by atoms with van der Waals surface area (Å²) in [5.41, 5.74) is 9.48. The molecule has 0 saturated heterocycles. The maximum absolute atomic E-state index is 11.9. The maximum atomic E-state index is 11.9. The summed E-state index contributed by atoms with van der Waals surface area (Å²) >= 11 is 0. The van der Waals surface area contributed by atoms with Crippen LogP contribution in [0.5, 0.6) is 23.0 Å². The molecule has 374 valence electrons. The van der Waals surface area contributed by atoms with Gasteiger partial charge in [-0.15, -0.1) is 0 Å². The standard InChI is InChI=1S/C44H56O4.4C5H5.2CH3.2Ti/c1-41(2,3)33-17-25-13-27-19-34(42(4,5)6)21-29(38(27)46)15-31-23-36(44(10,11)12)24-32(40(31)48)16-30-22-35(43(7,8)9)20-28(39(30)47)14-26(18-33)37(25)45;4*1-2-4-5-3-1;;;;/h17-24,45-48H,13-16H2,1-12H3;4*1-5H;2*1H3;;/q;;;;;2*-1;2*+3. The zero-order valence-electron chi connectivity index (χ0n) is 45.8. The van der Waals surface area contributed by atoms with Crippen molar-refractivity contribution in [2.24, 2.45) is 0 Å². The summed E-state index contributed by atoms with van der Waals surface area (Å²) in [5.74, 6) is 0.767. The average Bonchev–Trinajstić information content (AvgIpc) is 4.12. The van der Waals surface area contributed by atoms with E-state index < -0.39 is 0 Å². The first kappa shape index (κ1) is 67.5. The summed E-state index contributed by atoms with van der Waals surface area (Å²) in [7, 11) is 0. The second-order valence-corrected chi connectivity index (χ2v) is 22.1. The second-order valence-electron chi connectivity index (χ2n) is 22.1. The van der Waals surface area contributed by atoms with Crippen LogP contribution in [0.2, 0.25) is 0 Å². The summed E-state index contributed by atoms with van der Waals surface area (Å²) in [6, 6.07) is 16.5. The van der Waals surface area contributed by atoms with Gasteiger partial charge in [-0.1, -0.05) is 132 Å². The molecule has 4 fully saturated rings. The van der Waals surface area contributed by atoms with Gasteiger partial charge in [-0.2, -0.15) is 0 Å². The van der Waals surface area contributed by atoms with E-state index in [4.69, 9.17) is 0 Å². The van der Waals surface area contributed by atoms with Gasteiger partial charge in [-0.25, -0.2) is 0 Å². The van der Waals surface area contributed by atoms with Gasteiger partial charge < -0.3 is 35.3 Å². The molecule has 0 aliphatic heterocycles. The minimum atomic E-state index is -0.190. The normalized spacial score (nSPS) is 16.2. The average molecular weight is 1040 g/mol. The van der Waals surface area contributed by atoms with Crippen molar-refractivity contribution in [1.82, 2.24) is 0 Å². The van der Waals surface area contributed by atoms with Crippen molar-refractivity contribution in [1.29, 1.82) is 0 Å². The summed E-state index contributed by atoms with van der Waals surface area (Å²) in [4.78, 5) is 0. The SMILES string of the molecule is CC(C)(C)c1cc2c(O)c(c1)Cc1cc(C(C)(C)C)cc(c1O)Cc1cc(C(C)(C)C)cc(c1O)Cc1cc(C(C)(C)C)cc(c1O)C2.[CH3-].[CH3-].[CH]1[CH][CH][CH][CH]1.[CH]1[CH][CH][CH][CH]1.[CH]1[CH][CH][CH][CH]1.[CH]1[CH][CH][CH][CH]1.[Ti+3].[Ti+3]. The van der Waals surface area contributed by atoms with Crippen LogP contribution in [-0.4, -0.2) is 20.4 Å². The number of rotatable bonds is 0. The first-order valence-electron chi connectivity index (χ1n) is 24.0. The van der Waals surface area contributed by atoms with Crippen LogP contribution in [0.3, 0.4) is 0 Å². The van der Waals surface area contributed by atoms with Gasteiger partial charge in [0.25, 0.3) is 0 Å². The van der Waals surface area contributed by atoms with Gasteiger partial charge in [0, 0.05) is 25.7 Å². The van der Waals surface area contributed by atoms with Crippen LogP contribution in [0.25, 0.3) is 0 Å². The van der Waals surface area contributed by atoms with Gasteiger partial charge in [0.2, 0.25) is 0 Å². The molecule has 8 bridgehead atoms. The monoisotopic (exact) mass is 1030 g/mol. The van der Waals surface area contributed by atoms with Crippen molar-refractivity contribution >= 4 is 0 Å². The van der Waals surface area contributed by atoms with E-state index in [1.54, 1.807) is 0 Å². The minimum absolute atomic E-state index is 0. The van der Waals surface area contributed by atoms with Gasteiger partial charge >= 0.3 is 43.4 Å². The zero-order valence-corrected chi connectivity index (χ0v) is 48.9. The van der Waals surface area contributed by atoms with E-state index in [9.17, 15) is 20.4 Å². The van der Waals surface area contributed by atoms with Crippen LogP contribution in [0.15, 0.2) is 48.5 Å². The quantitative estimate of drug-likeness (QED) is 0.0920. The molecule has 4 aromatic rings. The van der Waals surface area contributed by atoms with Gasteiger partial charge in [0.05, 0.1) is 0 Å². The summed E-state index contributed by atoms with van der Waals surface area (Å²) in [5, 5.41) is 47.6. The van der Waals surface area contributed by atoms with Crippen LogP contribution in [0, 0.1) is 143 Å². The molecular weight excluding hydrogens is 952 g/mol. The predicted octanol–water partition coefficient (Wildman–Crippen LogP) is 15.4. The van der Waals surface area contributed by atoms with E-state index >= 15 is 0 Å². The van der Waals surface area contributed by atoms with Crippen molar-refractivity contribution in [2.75, 3.05) is 0 Å². The molecule has 22 radical (unpaired) electrons. The fourth-order valence-electron chi connectivity index (χ4n) is 7.95. The molecule has 5 aliphatic rings. The number of aromatic hydroxyl groups is 4. The number of phenols is 4. The summed E-state index contributed by atoms with van der Waals surface area (Å²) in [6.07, 6.45) is 41.3. The van der Waals surface area contributed by atoms with E-state index in [1.165, 1.54) is 0 Å². The van der Waals surface area contributed by atoms with Crippen molar-refractivity contribution < 1.29 is 63.9 Å². The first-order valence-corrected chi connectivity index (χ1v) is 24.0. The Hall–Kier alpha value is -2.49. The van der Waals surface area contributed by atoms with Crippen molar-refractivity contribution in [3.05, 3.63) is 259 Å². The zero-order chi connectivity index (χ0) is 49.9. The number of hydrogen-bond donors (Lipinski definition) is 4. The molecule has 9 rings (SSSR count). The minimum Gasteiger partial charge on any atom is -0.507 e. The maximum Gasteiger partial charge on any atom is 3.00 e. The molecule has 0 amide bonds. The Bertz CT molecular complexity index is 1790.